The van der Waals surface area contributed by atoms with Gasteiger partial charge in [0.25, 0.3) is 0 Å². The Labute approximate surface area is 367 Å². The van der Waals surface area contributed by atoms with Crippen molar-refractivity contribution in [2.45, 2.75) is 0 Å². The van der Waals surface area contributed by atoms with E-state index >= 15 is 0 Å². The summed E-state index contributed by atoms with van der Waals surface area (Å²) in [5, 5.41) is 9.52. The number of rotatable bonds is 5. The van der Waals surface area contributed by atoms with Gasteiger partial charge < -0.3 is 18.1 Å². The molecule has 4 nitrogen and oxygen atoms in total. The standard InChI is InChI=1S/C60H37N3O/c1-2-17-41(18-3-1)61-54-29-11-8-24-48(54)50-35-39(32-33-57(50)61)43-25-15-26-49-51-36-40(38-16-14-19-42(34-38)62-52-27-9-4-20-44(52)45-21-5-10-28-53(45)62)37-58(60(51)64-59(43)49)63-55-30-12-6-22-46(55)47-23-7-13-31-56(47)63/h1-37H. The van der Waals surface area contributed by atoms with Crippen molar-refractivity contribution >= 4 is 87.4 Å². The summed E-state index contributed by atoms with van der Waals surface area (Å²) in [6.45, 7) is 0. The largest absolute Gasteiger partial charge is 0.453 e. The highest BCUT2D eigenvalue weighted by molar-refractivity contribution is 6.17. The van der Waals surface area contributed by atoms with E-state index < -0.39 is 0 Å². The minimum Gasteiger partial charge on any atom is -0.453 e. The lowest BCUT2D eigenvalue weighted by atomic mass is 9.98. The molecule has 4 heteroatoms. The van der Waals surface area contributed by atoms with E-state index in [4.69, 9.17) is 4.42 Å². The SMILES string of the molecule is c1ccc(-n2c3ccccc3c3cc(-c4cccc5c4oc4c(-n6c7ccccc7c7ccccc76)cc(-c6cccc(-n7c8ccccc8c8ccccc87)c6)cc45)ccc32)cc1. The van der Waals surface area contributed by atoms with Crippen LogP contribution in [0.5, 0.6) is 0 Å². The Kier molecular flexibility index (Phi) is 7.36. The summed E-state index contributed by atoms with van der Waals surface area (Å²) in [6.07, 6.45) is 0. The van der Waals surface area contributed by atoms with Crippen molar-refractivity contribution in [3.8, 4) is 39.3 Å². The lowest BCUT2D eigenvalue weighted by Gasteiger charge is -2.13. The zero-order chi connectivity index (χ0) is 41.9. The average molecular weight is 816 g/mol. The second-order valence-corrected chi connectivity index (χ2v) is 16.9. The van der Waals surface area contributed by atoms with Gasteiger partial charge in [0.2, 0.25) is 0 Å². The molecule has 4 heterocycles. The summed E-state index contributed by atoms with van der Waals surface area (Å²) in [6, 6.07) is 81.4. The lowest BCUT2D eigenvalue weighted by Crippen LogP contribution is -1.96. The van der Waals surface area contributed by atoms with Gasteiger partial charge >= 0.3 is 0 Å². The molecule has 14 rings (SSSR count). The van der Waals surface area contributed by atoms with Crippen LogP contribution in [0.15, 0.2) is 229 Å². The molecule has 14 aromatic rings. The van der Waals surface area contributed by atoms with Gasteiger partial charge in [-0.15, -0.1) is 0 Å². The van der Waals surface area contributed by atoms with Crippen molar-refractivity contribution in [1.82, 2.24) is 13.7 Å². The first-order valence-electron chi connectivity index (χ1n) is 21.9. The monoisotopic (exact) mass is 815 g/mol. The normalized spacial score (nSPS) is 12.1. The highest BCUT2D eigenvalue weighted by atomic mass is 16.3. The maximum atomic E-state index is 7.30. The minimum atomic E-state index is 0.859. The third-order valence-electron chi connectivity index (χ3n) is 13.4. The predicted octanol–water partition coefficient (Wildman–Crippen LogP) is 16.2. The Hall–Kier alpha value is -8.60. The van der Waals surface area contributed by atoms with Gasteiger partial charge in [0, 0.05) is 60.0 Å². The number of hydrogen-bond acceptors (Lipinski definition) is 1. The van der Waals surface area contributed by atoms with Gasteiger partial charge in [-0.05, 0) is 95.6 Å². The molecule has 0 saturated heterocycles. The maximum absolute atomic E-state index is 7.30. The first kappa shape index (κ1) is 35.0. The fourth-order valence-electron chi connectivity index (χ4n) is 10.6. The van der Waals surface area contributed by atoms with Gasteiger partial charge in [-0.2, -0.15) is 0 Å². The van der Waals surface area contributed by atoms with E-state index in [-0.39, 0.29) is 0 Å². The quantitative estimate of drug-likeness (QED) is 0.170. The summed E-state index contributed by atoms with van der Waals surface area (Å²) < 4.78 is 14.5. The van der Waals surface area contributed by atoms with Crippen molar-refractivity contribution in [3.05, 3.63) is 224 Å². The summed E-state index contributed by atoms with van der Waals surface area (Å²) in [7, 11) is 0. The van der Waals surface area contributed by atoms with Crippen LogP contribution in [-0.2, 0) is 0 Å². The molecular weight excluding hydrogens is 779 g/mol. The summed E-state index contributed by atoms with van der Waals surface area (Å²) in [5.74, 6) is 0. The van der Waals surface area contributed by atoms with Crippen molar-refractivity contribution < 1.29 is 4.42 Å². The molecule has 0 bridgehead atoms. The van der Waals surface area contributed by atoms with Crippen molar-refractivity contribution in [2.75, 3.05) is 0 Å². The molecule has 0 aliphatic heterocycles. The molecule has 10 aromatic carbocycles. The Balaban J connectivity index is 1.03. The summed E-state index contributed by atoms with van der Waals surface area (Å²) in [5.41, 5.74) is 16.5. The highest BCUT2D eigenvalue weighted by Crippen LogP contribution is 2.44. The summed E-state index contributed by atoms with van der Waals surface area (Å²) in [4.78, 5) is 0. The molecule has 4 aromatic heterocycles. The number of fused-ring (bicyclic) bond motifs is 12. The van der Waals surface area contributed by atoms with Crippen LogP contribution >= 0.6 is 0 Å². The van der Waals surface area contributed by atoms with E-state index in [1.807, 2.05) is 0 Å². The van der Waals surface area contributed by atoms with Gasteiger partial charge in [0.1, 0.15) is 5.58 Å². The van der Waals surface area contributed by atoms with Crippen LogP contribution in [0.3, 0.4) is 0 Å². The Bertz CT molecular complexity index is 4090. The van der Waals surface area contributed by atoms with E-state index in [9.17, 15) is 0 Å². The number of aromatic nitrogens is 3. The Morgan fingerprint density at radius 1 is 0.250 bits per heavy atom. The molecule has 0 atom stereocenters. The molecule has 0 aliphatic rings. The van der Waals surface area contributed by atoms with E-state index in [0.29, 0.717) is 0 Å². The molecule has 0 amide bonds. The number of nitrogens with zero attached hydrogens (tertiary/aromatic N) is 3. The van der Waals surface area contributed by atoms with Crippen LogP contribution in [-0.4, -0.2) is 13.7 Å². The fourth-order valence-corrected chi connectivity index (χ4v) is 10.6. The van der Waals surface area contributed by atoms with Crippen molar-refractivity contribution in [1.29, 1.82) is 0 Å². The van der Waals surface area contributed by atoms with Gasteiger partial charge in [-0.25, -0.2) is 0 Å². The third kappa shape index (κ3) is 4.99. The van der Waals surface area contributed by atoms with Gasteiger partial charge in [-0.1, -0.05) is 146 Å². The van der Waals surface area contributed by atoms with Crippen LogP contribution in [0.4, 0.5) is 0 Å². The smallest absolute Gasteiger partial charge is 0.159 e. The third-order valence-corrected chi connectivity index (χ3v) is 13.4. The van der Waals surface area contributed by atoms with Crippen LogP contribution in [0.1, 0.15) is 0 Å². The topological polar surface area (TPSA) is 27.9 Å². The second-order valence-electron chi connectivity index (χ2n) is 16.9. The first-order valence-corrected chi connectivity index (χ1v) is 21.9. The van der Waals surface area contributed by atoms with Gasteiger partial charge in [0.15, 0.2) is 5.58 Å². The van der Waals surface area contributed by atoms with Crippen LogP contribution in [0.2, 0.25) is 0 Å². The first-order chi connectivity index (χ1) is 31.8. The highest BCUT2D eigenvalue weighted by Gasteiger charge is 2.22. The number of furan rings is 1. The molecule has 0 aliphatic carbocycles. The van der Waals surface area contributed by atoms with Crippen LogP contribution < -0.4 is 0 Å². The van der Waals surface area contributed by atoms with E-state index in [2.05, 4.69) is 238 Å². The van der Waals surface area contributed by atoms with Gasteiger partial charge in [0.05, 0.1) is 38.8 Å². The fraction of sp³-hybridized carbons (Fsp3) is 0. The van der Waals surface area contributed by atoms with E-state index in [0.717, 1.165) is 72.3 Å². The summed E-state index contributed by atoms with van der Waals surface area (Å²) >= 11 is 0. The second kappa shape index (κ2) is 13.4. The Morgan fingerprint density at radius 2 is 0.719 bits per heavy atom. The minimum absolute atomic E-state index is 0.859. The molecule has 0 unspecified atom stereocenters. The average Bonchev–Trinajstić information content (AvgIpc) is 4.10. The van der Waals surface area contributed by atoms with E-state index in [1.54, 1.807) is 0 Å². The number of hydrogen-bond donors (Lipinski definition) is 0. The van der Waals surface area contributed by atoms with Crippen LogP contribution in [0.25, 0.3) is 127 Å². The Morgan fingerprint density at radius 3 is 1.34 bits per heavy atom. The molecule has 64 heavy (non-hydrogen) atoms. The molecule has 0 fully saturated rings. The lowest BCUT2D eigenvalue weighted by molar-refractivity contribution is 0.667. The molecule has 0 N–H and O–H groups in total. The van der Waals surface area contributed by atoms with Crippen molar-refractivity contribution in [2.24, 2.45) is 0 Å². The molecule has 298 valence electrons. The maximum Gasteiger partial charge on any atom is 0.159 e. The predicted molar refractivity (Wildman–Crippen MR) is 268 cm³/mol. The molecule has 0 saturated carbocycles. The number of para-hydroxylation sites is 7. The molecule has 0 radical (unpaired) electrons. The molecular formula is C60H37N3O. The number of benzene rings is 10. The van der Waals surface area contributed by atoms with E-state index in [1.165, 1.54) is 54.4 Å². The van der Waals surface area contributed by atoms with Crippen LogP contribution in [0, 0.1) is 0 Å². The van der Waals surface area contributed by atoms with Gasteiger partial charge in [-0.3, -0.25) is 0 Å². The zero-order valence-electron chi connectivity index (χ0n) is 34.6. The molecule has 0 spiro atoms. The van der Waals surface area contributed by atoms with Crippen molar-refractivity contribution in [3.63, 3.8) is 0 Å². The zero-order valence-corrected chi connectivity index (χ0v) is 34.6.